The summed E-state index contributed by atoms with van der Waals surface area (Å²) in [5.74, 6) is -1.24. The van der Waals surface area contributed by atoms with Gasteiger partial charge >= 0.3 is 12.1 Å². The molecule has 13 heteroatoms. The third-order valence-corrected chi connectivity index (χ3v) is 7.31. The lowest BCUT2D eigenvalue weighted by atomic mass is 10.0. The second-order valence-electron chi connectivity index (χ2n) is 11.1. The lowest BCUT2D eigenvalue weighted by Crippen LogP contribution is -2.38. The molecular formula is C34H37F3N4O6. The molecule has 5 rings (SSSR count). The number of aliphatic hydroxyl groups excluding tert-OH is 1. The van der Waals surface area contributed by atoms with E-state index in [1.165, 1.54) is 0 Å². The number of hydrogen-bond donors (Lipinski definition) is 4. The molecule has 0 spiro atoms. The van der Waals surface area contributed by atoms with Crippen molar-refractivity contribution in [1.82, 2.24) is 9.88 Å². The first-order chi connectivity index (χ1) is 22.3. The first-order valence-corrected chi connectivity index (χ1v) is 15.0. The predicted octanol–water partition coefficient (Wildman–Crippen LogP) is 6.12. The van der Waals surface area contributed by atoms with Crippen LogP contribution in [0.1, 0.15) is 50.4 Å². The van der Waals surface area contributed by atoms with E-state index in [1.807, 2.05) is 93.6 Å². The molecule has 4 aromatic rings. The van der Waals surface area contributed by atoms with E-state index in [4.69, 9.17) is 25.1 Å². The predicted molar refractivity (Wildman–Crippen MR) is 171 cm³/mol. The average Bonchev–Trinajstić information content (AvgIpc) is 3.42. The lowest BCUT2D eigenvalue weighted by Gasteiger charge is -2.30. The Morgan fingerprint density at radius 3 is 2.40 bits per heavy atom. The summed E-state index contributed by atoms with van der Waals surface area (Å²) in [5, 5.41) is 23.0. The van der Waals surface area contributed by atoms with Crippen molar-refractivity contribution in [1.29, 1.82) is 0 Å². The Kier molecular flexibility index (Phi) is 11.1. The van der Waals surface area contributed by atoms with Gasteiger partial charge < -0.3 is 35.6 Å². The summed E-state index contributed by atoms with van der Waals surface area (Å²) in [6.45, 7) is 6.55. The van der Waals surface area contributed by atoms with Crippen LogP contribution < -0.4 is 20.5 Å². The fraction of sp³-hybridized carbons (Fsp3) is 0.324. The number of ether oxygens (including phenoxy) is 2. The summed E-state index contributed by atoms with van der Waals surface area (Å²) in [6, 6.07) is 22.1. The maximum absolute atomic E-state index is 14.4. The molecule has 1 amide bonds. The number of carbonyl (C=O) groups excluding carboxylic acids is 1. The molecule has 1 aromatic heterocycles. The fourth-order valence-electron chi connectivity index (χ4n) is 5.28. The number of aromatic nitrogens is 1. The minimum atomic E-state index is -5.08. The zero-order chi connectivity index (χ0) is 34.3. The largest absolute Gasteiger partial charge is 0.490 e. The maximum Gasteiger partial charge on any atom is 0.490 e. The zero-order valence-corrected chi connectivity index (χ0v) is 26.1. The number of carboxylic acids is 1. The molecule has 1 aliphatic rings. The van der Waals surface area contributed by atoms with Crippen LogP contribution in [-0.2, 0) is 9.59 Å². The highest BCUT2D eigenvalue weighted by atomic mass is 19.4. The number of nitrogens with zero attached hydrogens (tertiary/aromatic N) is 2. The highest BCUT2D eigenvalue weighted by Crippen LogP contribution is 2.38. The highest BCUT2D eigenvalue weighted by Gasteiger charge is 2.39. The van der Waals surface area contributed by atoms with Crippen LogP contribution in [0, 0.1) is 0 Å². The molecule has 0 radical (unpaired) electrons. The van der Waals surface area contributed by atoms with Crippen molar-refractivity contribution in [2.24, 2.45) is 0 Å². The van der Waals surface area contributed by atoms with E-state index in [9.17, 15) is 23.1 Å². The first kappa shape index (κ1) is 34.8. The number of nitrogens with two attached hydrogens (primary N) is 1. The Balaban J connectivity index is 0.000000644. The number of anilines is 2. The molecule has 0 saturated carbocycles. The summed E-state index contributed by atoms with van der Waals surface area (Å²) in [5.41, 5.74) is 8.55. The van der Waals surface area contributed by atoms with Crippen LogP contribution in [0.3, 0.4) is 0 Å². The molecular weight excluding hydrogens is 617 g/mol. The smallest absolute Gasteiger partial charge is 0.490 e. The second-order valence-corrected chi connectivity index (χ2v) is 11.1. The van der Waals surface area contributed by atoms with E-state index in [0.717, 1.165) is 27.6 Å². The molecule has 2 heterocycles. The van der Waals surface area contributed by atoms with Crippen LogP contribution in [0.4, 0.5) is 24.7 Å². The number of nitrogen functional groups attached to an aromatic ring is 1. The van der Waals surface area contributed by atoms with Crippen LogP contribution in [0.25, 0.3) is 10.8 Å². The number of β-amino-alcohol motifs (C(OH)–C–C–N with tert-alkyl or cyclic N) is 1. The number of nitrogens with one attached hydrogen (secondary N) is 1. The topological polar surface area (TPSA) is 147 Å². The number of rotatable bonds is 9. The van der Waals surface area contributed by atoms with Crippen molar-refractivity contribution in [3.63, 3.8) is 0 Å². The van der Waals surface area contributed by atoms with Gasteiger partial charge in [0.05, 0.1) is 24.9 Å². The number of fused-ring (bicyclic) bond motifs is 1. The van der Waals surface area contributed by atoms with Gasteiger partial charge in [-0.3, -0.25) is 4.79 Å². The van der Waals surface area contributed by atoms with Gasteiger partial charge in [0.1, 0.15) is 11.9 Å². The number of carbonyl (C=O) groups is 2. The normalized spacial score (nSPS) is 16.7. The highest BCUT2D eigenvalue weighted by molar-refractivity contribution is 5.94. The first-order valence-electron chi connectivity index (χ1n) is 15.0. The van der Waals surface area contributed by atoms with Crippen LogP contribution in [0.5, 0.6) is 11.5 Å². The third-order valence-electron chi connectivity index (χ3n) is 7.31. The van der Waals surface area contributed by atoms with Gasteiger partial charge in [0.25, 0.3) is 0 Å². The van der Waals surface area contributed by atoms with Gasteiger partial charge in [-0.15, -0.1) is 0 Å². The molecule has 3 atom stereocenters. The van der Waals surface area contributed by atoms with Crippen molar-refractivity contribution >= 4 is 34.2 Å². The van der Waals surface area contributed by atoms with Crippen LogP contribution in [0.15, 0.2) is 79.0 Å². The molecule has 0 unspecified atom stereocenters. The summed E-state index contributed by atoms with van der Waals surface area (Å²) in [4.78, 5) is 29.2. The number of alkyl halides is 3. The minimum absolute atomic E-state index is 0.0298. The van der Waals surface area contributed by atoms with Gasteiger partial charge in [0.15, 0.2) is 11.5 Å². The fourth-order valence-corrected chi connectivity index (χ4v) is 5.28. The number of hydrogen-bond acceptors (Lipinski definition) is 8. The van der Waals surface area contributed by atoms with Crippen molar-refractivity contribution in [3.8, 4) is 11.5 Å². The van der Waals surface area contributed by atoms with Gasteiger partial charge in [-0.2, -0.15) is 13.2 Å². The molecule has 250 valence electrons. The summed E-state index contributed by atoms with van der Waals surface area (Å²) in [6.07, 6.45) is -3.57. The molecule has 10 nitrogen and oxygen atoms in total. The van der Waals surface area contributed by atoms with Crippen molar-refractivity contribution in [3.05, 3.63) is 90.1 Å². The summed E-state index contributed by atoms with van der Waals surface area (Å²) >= 11 is 0. The van der Waals surface area contributed by atoms with Gasteiger partial charge in [-0.05, 0) is 80.1 Å². The second kappa shape index (κ2) is 15.0. The Hall–Kier alpha value is -5.04. The molecule has 0 aliphatic carbocycles. The maximum atomic E-state index is 14.4. The number of likely N-dealkylation sites (tertiary alicyclic amines) is 1. The quantitative estimate of drug-likeness (QED) is 0.168. The summed E-state index contributed by atoms with van der Waals surface area (Å²) in [7, 11) is 0. The number of benzene rings is 3. The Morgan fingerprint density at radius 1 is 1.06 bits per heavy atom. The Labute approximate surface area is 269 Å². The molecule has 5 N–H and O–H groups in total. The molecule has 47 heavy (non-hydrogen) atoms. The number of aliphatic hydroxyl groups is 1. The number of aliphatic carboxylic acids is 1. The van der Waals surface area contributed by atoms with Gasteiger partial charge in [0, 0.05) is 23.8 Å². The van der Waals surface area contributed by atoms with Gasteiger partial charge in [0.2, 0.25) is 5.91 Å². The van der Waals surface area contributed by atoms with E-state index < -0.39 is 24.3 Å². The van der Waals surface area contributed by atoms with Crippen LogP contribution >= 0.6 is 0 Å². The molecule has 1 saturated heterocycles. The molecule has 1 aliphatic heterocycles. The number of amides is 1. The molecule has 1 fully saturated rings. The van der Waals surface area contributed by atoms with Crippen LogP contribution in [0.2, 0.25) is 0 Å². The van der Waals surface area contributed by atoms with Crippen molar-refractivity contribution < 1.29 is 42.4 Å². The van der Waals surface area contributed by atoms with E-state index >= 15 is 0 Å². The zero-order valence-electron chi connectivity index (χ0n) is 26.1. The summed E-state index contributed by atoms with van der Waals surface area (Å²) < 4.78 is 43.6. The van der Waals surface area contributed by atoms with E-state index in [1.54, 1.807) is 11.1 Å². The molecule has 0 bridgehead atoms. The van der Waals surface area contributed by atoms with Gasteiger partial charge in [-0.25, -0.2) is 9.78 Å². The van der Waals surface area contributed by atoms with Crippen molar-refractivity contribution in [2.45, 2.75) is 57.7 Å². The average molecular weight is 655 g/mol. The SMILES string of the molecule is CCOc1cc([C@@H](Nc2ccc3c(N)nccc3c2)C(=O)N2C[C@H](O)C[C@@H]2c2ccccc2)ccc1OC(C)C.O=C(O)C(F)(F)F. The number of pyridine rings is 1. The van der Waals surface area contributed by atoms with E-state index in [0.29, 0.717) is 30.3 Å². The standard InChI is InChI=1S/C32H36N4O4.C2HF3O2/c1-4-39-29-17-23(10-13-28(29)40-20(2)3)30(35-24-11-12-26-22(16-24)14-15-34-31(26)33)32(38)36-19-25(37)18-27(36)21-8-6-5-7-9-21;3-2(4,5)1(6)7/h5-17,20,25,27,30,35,37H,4,18-19H2,1-3H3,(H2,33,34);(H,6,7)/t25-,27-,30-;/m1./s1. The Morgan fingerprint density at radius 2 is 1.77 bits per heavy atom. The number of halogens is 3. The number of carboxylic acid groups (broad SMARTS) is 1. The van der Waals surface area contributed by atoms with Crippen LogP contribution in [-0.4, -0.2) is 63.5 Å². The van der Waals surface area contributed by atoms with E-state index in [-0.39, 0.29) is 24.6 Å². The lowest BCUT2D eigenvalue weighted by molar-refractivity contribution is -0.192. The Bertz CT molecular complexity index is 1690. The third kappa shape index (κ3) is 8.82. The monoisotopic (exact) mass is 654 g/mol. The van der Waals surface area contributed by atoms with Gasteiger partial charge in [-0.1, -0.05) is 36.4 Å². The van der Waals surface area contributed by atoms with Crippen molar-refractivity contribution in [2.75, 3.05) is 24.2 Å². The minimum Gasteiger partial charge on any atom is -0.490 e. The van der Waals surface area contributed by atoms with E-state index in [2.05, 4.69) is 10.3 Å². The molecule has 3 aromatic carbocycles.